The van der Waals surface area contributed by atoms with Crippen molar-refractivity contribution >= 4 is 12.4 Å². The predicted molar refractivity (Wildman–Crippen MR) is 64.6 cm³/mol. The van der Waals surface area contributed by atoms with Crippen molar-refractivity contribution < 1.29 is 13.2 Å². The first-order chi connectivity index (χ1) is 7.43. The van der Waals surface area contributed by atoms with E-state index in [4.69, 9.17) is 5.73 Å². The normalized spacial score (nSPS) is 12.4. The molecule has 0 saturated heterocycles. The number of hydrogen-bond donors (Lipinski definition) is 1. The molecule has 0 aromatic heterocycles. The van der Waals surface area contributed by atoms with Gasteiger partial charge in [0.2, 0.25) is 0 Å². The van der Waals surface area contributed by atoms with Crippen molar-refractivity contribution in [2.24, 2.45) is 11.7 Å². The maximum Gasteiger partial charge on any atom is 0.194 e. The Kier molecular flexibility index (Phi) is 6.57. The molecule has 1 atom stereocenters. The molecule has 0 saturated carbocycles. The van der Waals surface area contributed by atoms with E-state index < -0.39 is 23.5 Å². The topological polar surface area (TPSA) is 26.0 Å². The van der Waals surface area contributed by atoms with Crippen LogP contribution in [0, 0.1) is 23.4 Å². The lowest BCUT2D eigenvalue weighted by molar-refractivity contribution is 0.427. The summed E-state index contributed by atoms with van der Waals surface area (Å²) in [5, 5.41) is 0. The minimum Gasteiger partial charge on any atom is -0.324 e. The Bertz CT molecular complexity index is 369. The van der Waals surface area contributed by atoms with Gasteiger partial charge in [-0.25, -0.2) is 13.2 Å². The first-order valence-corrected chi connectivity index (χ1v) is 5.32. The molecule has 17 heavy (non-hydrogen) atoms. The molecule has 1 aromatic rings. The lowest BCUT2D eigenvalue weighted by atomic mass is 9.98. The van der Waals surface area contributed by atoms with Gasteiger partial charge in [-0.2, -0.15) is 0 Å². The van der Waals surface area contributed by atoms with Gasteiger partial charge in [-0.3, -0.25) is 0 Å². The van der Waals surface area contributed by atoms with Crippen LogP contribution in [0.4, 0.5) is 13.2 Å². The molecule has 0 unspecified atom stereocenters. The number of benzene rings is 1. The Balaban J connectivity index is 0.00000256. The number of rotatable bonds is 4. The summed E-state index contributed by atoms with van der Waals surface area (Å²) >= 11 is 0. The molecule has 0 aliphatic heterocycles. The van der Waals surface area contributed by atoms with Gasteiger partial charge in [0.1, 0.15) is 0 Å². The Morgan fingerprint density at radius 3 is 2.18 bits per heavy atom. The second kappa shape index (κ2) is 6.87. The third kappa shape index (κ3) is 4.21. The molecule has 2 N–H and O–H groups in total. The minimum atomic E-state index is -1.45. The van der Waals surface area contributed by atoms with Gasteiger partial charge in [0.15, 0.2) is 17.5 Å². The Hall–Kier alpha value is -0.740. The molecule has 0 aliphatic carbocycles. The second-order valence-corrected chi connectivity index (χ2v) is 4.34. The summed E-state index contributed by atoms with van der Waals surface area (Å²) in [6, 6.07) is 1.53. The highest BCUT2D eigenvalue weighted by atomic mass is 35.5. The van der Waals surface area contributed by atoms with Gasteiger partial charge in [-0.15, -0.1) is 12.4 Å². The summed E-state index contributed by atoms with van der Waals surface area (Å²) in [7, 11) is 0. The van der Waals surface area contributed by atoms with Gasteiger partial charge in [-0.05, 0) is 24.8 Å². The molecule has 0 amide bonds. The lowest BCUT2D eigenvalue weighted by Gasteiger charge is -2.14. The molecule has 5 heteroatoms. The molecular weight excluding hydrogens is 251 g/mol. The summed E-state index contributed by atoms with van der Waals surface area (Å²) < 4.78 is 39.0. The van der Waals surface area contributed by atoms with Gasteiger partial charge in [0.05, 0.1) is 0 Å². The highest BCUT2D eigenvalue weighted by molar-refractivity contribution is 5.85. The van der Waals surface area contributed by atoms with E-state index in [1.54, 1.807) is 0 Å². The van der Waals surface area contributed by atoms with E-state index in [1.165, 1.54) is 6.07 Å². The van der Waals surface area contributed by atoms with Crippen LogP contribution in [0.15, 0.2) is 12.1 Å². The van der Waals surface area contributed by atoms with Crippen molar-refractivity contribution in [3.8, 4) is 0 Å². The average molecular weight is 268 g/mol. The van der Waals surface area contributed by atoms with Crippen molar-refractivity contribution in [2.75, 3.05) is 0 Å². The van der Waals surface area contributed by atoms with E-state index in [0.717, 1.165) is 12.5 Å². The summed E-state index contributed by atoms with van der Waals surface area (Å²) in [5.41, 5.74) is 5.78. The molecule has 1 rings (SSSR count). The molecular formula is C12H17ClF3N. The van der Waals surface area contributed by atoms with E-state index in [0.29, 0.717) is 12.3 Å². The maximum atomic E-state index is 13.3. The maximum absolute atomic E-state index is 13.3. The fourth-order valence-electron chi connectivity index (χ4n) is 1.50. The third-order valence-corrected chi connectivity index (χ3v) is 2.52. The molecule has 1 nitrogen and oxygen atoms in total. The van der Waals surface area contributed by atoms with Crippen LogP contribution < -0.4 is 5.73 Å². The van der Waals surface area contributed by atoms with E-state index in [2.05, 4.69) is 0 Å². The minimum absolute atomic E-state index is 0. The van der Waals surface area contributed by atoms with Crippen LogP contribution in [-0.2, 0) is 0 Å². The Labute approximate surface area is 106 Å². The predicted octanol–water partition coefficient (Wildman–Crippen LogP) is 3.96. The van der Waals surface area contributed by atoms with Crippen molar-refractivity contribution in [1.82, 2.24) is 0 Å². The highest BCUT2D eigenvalue weighted by Gasteiger charge is 2.18. The van der Waals surface area contributed by atoms with Gasteiger partial charge in [-0.1, -0.05) is 19.9 Å². The quantitative estimate of drug-likeness (QED) is 0.821. The van der Waals surface area contributed by atoms with Crippen LogP contribution in [0.25, 0.3) is 0 Å². The SMILES string of the molecule is CC(C)CC[C@@H](N)c1ccc(F)c(F)c1F.Cl. The zero-order valence-corrected chi connectivity index (χ0v) is 10.7. The molecule has 0 fully saturated rings. The van der Waals surface area contributed by atoms with Crippen molar-refractivity contribution in [2.45, 2.75) is 32.7 Å². The van der Waals surface area contributed by atoms with Gasteiger partial charge in [0, 0.05) is 11.6 Å². The van der Waals surface area contributed by atoms with Gasteiger partial charge >= 0.3 is 0 Å². The van der Waals surface area contributed by atoms with Crippen molar-refractivity contribution in [3.63, 3.8) is 0 Å². The van der Waals surface area contributed by atoms with Crippen LogP contribution in [0.3, 0.4) is 0 Å². The van der Waals surface area contributed by atoms with Crippen LogP contribution >= 0.6 is 12.4 Å². The average Bonchev–Trinajstić information content (AvgIpc) is 2.23. The zero-order valence-electron chi connectivity index (χ0n) is 9.84. The first-order valence-electron chi connectivity index (χ1n) is 5.32. The number of hydrogen-bond acceptors (Lipinski definition) is 1. The first kappa shape index (κ1) is 16.3. The van der Waals surface area contributed by atoms with Crippen LogP contribution in [0.1, 0.15) is 38.3 Å². The highest BCUT2D eigenvalue weighted by Crippen LogP contribution is 2.24. The van der Waals surface area contributed by atoms with Crippen LogP contribution in [0.2, 0.25) is 0 Å². The molecule has 0 heterocycles. The summed E-state index contributed by atoms with van der Waals surface area (Å²) in [5.74, 6) is -3.36. The number of nitrogens with two attached hydrogens (primary N) is 1. The summed E-state index contributed by atoms with van der Waals surface area (Å²) in [6.07, 6.45) is 1.37. The fourth-order valence-corrected chi connectivity index (χ4v) is 1.50. The lowest BCUT2D eigenvalue weighted by Crippen LogP contribution is -2.14. The van der Waals surface area contributed by atoms with Crippen LogP contribution in [-0.4, -0.2) is 0 Å². The van der Waals surface area contributed by atoms with Crippen molar-refractivity contribution in [1.29, 1.82) is 0 Å². The van der Waals surface area contributed by atoms with E-state index in [-0.39, 0.29) is 18.0 Å². The van der Waals surface area contributed by atoms with Crippen molar-refractivity contribution in [3.05, 3.63) is 35.1 Å². The molecule has 0 bridgehead atoms. The smallest absolute Gasteiger partial charge is 0.194 e. The molecule has 0 radical (unpaired) electrons. The molecule has 98 valence electrons. The molecule has 0 aliphatic rings. The largest absolute Gasteiger partial charge is 0.324 e. The second-order valence-electron chi connectivity index (χ2n) is 4.34. The molecule has 0 spiro atoms. The van der Waals surface area contributed by atoms with Gasteiger partial charge in [0.25, 0.3) is 0 Å². The summed E-state index contributed by atoms with van der Waals surface area (Å²) in [4.78, 5) is 0. The van der Waals surface area contributed by atoms with E-state index in [1.807, 2.05) is 13.8 Å². The Morgan fingerprint density at radius 1 is 1.06 bits per heavy atom. The molecule has 1 aromatic carbocycles. The fraction of sp³-hybridized carbons (Fsp3) is 0.500. The van der Waals surface area contributed by atoms with Crippen LogP contribution in [0.5, 0.6) is 0 Å². The van der Waals surface area contributed by atoms with E-state index >= 15 is 0 Å². The Morgan fingerprint density at radius 2 is 1.65 bits per heavy atom. The van der Waals surface area contributed by atoms with Gasteiger partial charge < -0.3 is 5.73 Å². The standard InChI is InChI=1S/C12H16F3N.ClH/c1-7(2)3-6-10(16)8-4-5-9(13)12(15)11(8)14;/h4-5,7,10H,3,6,16H2,1-2H3;1H/t10-;/m1./s1. The third-order valence-electron chi connectivity index (χ3n) is 2.52. The monoisotopic (exact) mass is 267 g/mol. The van der Waals surface area contributed by atoms with E-state index in [9.17, 15) is 13.2 Å². The summed E-state index contributed by atoms with van der Waals surface area (Å²) in [6.45, 7) is 4.04. The number of halogens is 4. The zero-order chi connectivity index (χ0) is 12.3.